The molecule has 0 saturated carbocycles. The molecule has 0 aliphatic carbocycles. The lowest BCUT2D eigenvalue weighted by Gasteiger charge is -2.20. The molecular weight excluding hydrogens is 232 g/mol. The van der Waals surface area contributed by atoms with Gasteiger partial charge >= 0.3 is 0 Å². The number of nitrogens with zero attached hydrogens (tertiary/aromatic N) is 1. The third-order valence-electron chi connectivity index (χ3n) is 3.43. The van der Waals surface area contributed by atoms with Crippen molar-refractivity contribution in [2.45, 2.75) is 18.9 Å². The van der Waals surface area contributed by atoms with Gasteiger partial charge in [0.2, 0.25) is 0 Å². The van der Waals surface area contributed by atoms with Gasteiger partial charge in [-0.3, -0.25) is 0 Å². The average molecular weight is 254 g/mol. The van der Waals surface area contributed by atoms with E-state index in [2.05, 4.69) is 48.3 Å². The second-order valence-corrected chi connectivity index (χ2v) is 4.92. The number of rotatable bonds is 6. The van der Waals surface area contributed by atoms with Crippen LogP contribution in [0, 0.1) is 0 Å². The van der Waals surface area contributed by atoms with E-state index in [1.54, 1.807) is 0 Å². The van der Waals surface area contributed by atoms with E-state index in [1.165, 1.54) is 11.3 Å². The number of hydrogen-bond acceptors (Lipinski definition) is 2. The molecular formula is C17H22N2. The minimum absolute atomic E-state index is 0.144. The third-order valence-corrected chi connectivity index (χ3v) is 3.43. The van der Waals surface area contributed by atoms with Gasteiger partial charge < -0.3 is 10.6 Å². The molecule has 2 nitrogen and oxygen atoms in total. The zero-order valence-corrected chi connectivity index (χ0v) is 11.5. The molecule has 0 aliphatic rings. The zero-order valence-electron chi connectivity index (χ0n) is 11.5. The lowest BCUT2D eigenvalue weighted by molar-refractivity contribution is 0.609. The molecule has 100 valence electrons. The molecule has 0 amide bonds. The predicted molar refractivity (Wildman–Crippen MR) is 82.3 cm³/mol. The maximum Gasteiger partial charge on any atom is 0.0363 e. The van der Waals surface area contributed by atoms with Crippen molar-refractivity contribution in [2.75, 3.05) is 18.5 Å². The molecule has 2 aromatic carbocycles. The monoisotopic (exact) mass is 254 g/mol. The highest BCUT2D eigenvalue weighted by molar-refractivity contribution is 5.44. The summed E-state index contributed by atoms with van der Waals surface area (Å²) < 4.78 is 0. The first kappa shape index (κ1) is 13.6. The van der Waals surface area contributed by atoms with Gasteiger partial charge in [-0.05, 0) is 30.5 Å². The second kappa shape index (κ2) is 6.95. The van der Waals surface area contributed by atoms with Gasteiger partial charge in [-0.15, -0.1) is 0 Å². The zero-order chi connectivity index (χ0) is 13.5. The molecule has 2 aromatic rings. The summed E-state index contributed by atoms with van der Waals surface area (Å²) in [6, 6.07) is 20.9. The van der Waals surface area contributed by atoms with E-state index in [0.29, 0.717) is 0 Å². The fourth-order valence-corrected chi connectivity index (χ4v) is 2.23. The summed E-state index contributed by atoms with van der Waals surface area (Å²) in [5, 5.41) is 0. The minimum atomic E-state index is 0.144. The Morgan fingerprint density at radius 1 is 0.947 bits per heavy atom. The summed E-state index contributed by atoms with van der Waals surface area (Å²) in [7, 11) is 2.13. The van der Waals surface area contributed by atoms with Crippen molar-refractivity contribution < 1.29 is 0 Å². The molecule has 0 saturated heterocycles. The molecule has 0 heterocycles. The molecule has 0 spiro atoms. The summed E-state index contributed by atoms with van der Waals surface area (Å²) in [6.07, 6.45) is 2.11. The van der Waals surface area contributed by atoms with Crippen molar-refractivity contribution in [1.82, 2.24) is 0 Å². The first-order valence-electron chi connectivity index (χ1n) is 6.84. The van der Waals surface area contributed by atoms with Crippen LogP contribution < -0.4 is 10.6 Å². The molecule has 0 radical (unpaired) electrons. The Balaban J connectivity index is 1.78. The molecule has 1 unspecified atom stereocenters. The van der Waals surface area contributed by atoms with Crippen molar-refractivity contribution in [3.05, 3.63) is 66.2 Å². The lowest BCUT2D eigenvalue weighted by atomic mass is 10.0. The normalized spacial score (nSPS) is 12.1. The van der Waals surface area contributed by atoms with Crippen LogP contribution in [0.4, 0.5) is 5.69 Å². The minimum Gasteiger partial charge on any atom is -0.375 e. The largest absolute Gasteiger partial charge is 0.375 e. The van der Waals surface area contributed by atoms with Crippen molar-refractivity contribution in [2.24, 2.45) is 5.73 Å². The Labute approximate surface area is 115 Å². The summed E-state index contributed by atoms with van der Waals surface area (Å²) in [5.41, 5.74) is 8.69. The van der Waals surface area contributed by atoms with E-state index < -0.39 is 0 Å². The molecule has 1 atom stereocenters. The number of para-hydroxylation sites is 1. The lowest BCUT2D eigenvalue weighted by Crippen LogP contribution is -2.20. The molecule has 2 N–H and O–H groups in total. The first-order valence-corrected chi connectivity index (χ1v) is 6.84. The van der Waals surface area contributed by atoms with Gasteiger partial charge in [0.25, 0.3) is 0 Å². The molecule has 0 bridgehead atoms. The van der Waals surface area contributed by atoms with Crippen molar-refractivity contribution in [1.29, 1.82) is 0 Å². The van der Waals surface area contributed by atoms with Crippen LogP contribution in [0.2, 0.25) is 0 Å². The predicted octanol–water partition coefficient (Wildman–Crippen LogP) is 3.60. The standard InChI is InChI=1S/C17H22N2/c1-19(16-11-6-3-7-12-16)14-8-13-17(18)15-9-4-2-5-10-15/h2-7,9-12,17H,8,13-14,18H2,1H3. The van der Waals surface area contributed by atoms with Crippen LogP contribution in [0.1, 0.15) is 24.4 Å². The Bertz CT molecular complexity index is 422. The summed E-state index contributed by atoms with van der Waals surface area (Å²) in [6.45, 7) is 1.03. The molecule has 2 heteroatoms. The summed E-state index contributed by atoms with van der Waals surface area (Å²) >= 11 is 0. The van der Waals surface area contributed by atoms with Crippen LogP contribution in [-0.4, -0.2) is 13.6 Å². The van der Waals surface area contributed by atoms with E-state index in [-0.39, 0.29) is 6.04 Å². The van der Waals surface area contributed by atoms with Crippen LogP contribution in [0.3, 0.4) is 0 Å². The number of anilines is 1. The van der Waals surface area contributed by atoms with Gasteiger partial charge in [0.05, 0.1) is 0 Å². The Morgan fingerprint density at radius 2 is 1.53 bits per heavy atom. The molecule has 2 rings (SSSR count). The van der Waals surface area contributed by atoms with Gasteiger partial charge in [-0.1, -0.05) is 48.5 Å². The average Bonchev–Trinajstić information content (AvgIpc) is 2.49. The van der Waals surface area contributed by atoms with Crippen LogP contribution in [0.5, 0.6) is 0 Å². The number of hydrogen-bond donors (Lipinski definition) is 1. The Kier molecular flexibility index (Phi) is 4.99. The van der Waals surface area contributed by atoms with Gasteiger partial charge in [0.1, 0.15) is 0 Å². The highest BCUT2D eigenvalue weighted by Gasteiger charge is 2.06. The molecule has 0 aromatic heterocycles. The molecule has 0 fully saturated rings. The van der Waals surface area contributed by atoms with E-state index in [1.807, 2.05) is 24.3 Å². The fourth-order valence-electron chi connectivity index (χ4n) is 2.23. The van der Waals surface area contributed by atoms with Crippen molar-refractivity contribution in [3.8, 4) is 0 Å². The Morgan fingerprint density at radius 3 is 2.16 bits per heavy atom. The third kappa shape index (κ3) is 4.11. The van der Waals surface area contributed by atoms with Crippen molar-refractivity contribution >= 4 is 5.69 Å². The fraction of sp³-hybridized carbons (Fsp3) is 0.294. The highest BCUT2D eigenvalue weighted by Crippen LogP contribution is 2.17. The van der Waals surface area contributed by atoms with Gasteiger partial charge in [-0.25, -0.2) is 0 Å². The SMILES string of the molecule is CN(CCCC(N)c1ccccc1)c1ccccc1. The summed E-state index contributed by atoms with van der Waals surface area (Å²) in [4.78, 5) is 2.28. The van der Waals surface area contributed by atoms with E-state index in [9.17, 15) is 0 Å². The number of benzene rings is 2. The maximum absolute atomic E-state index is 6.20. The first-order chi connectivity index (χ1) is 9.27. The topological polar surface area (TPSA) is 29.3 Å². The Hall–Kier alpha value is -1.80. The van der Waals surface area contributed by atoms with Gasteiger partial charge in [-0.2, -0.15) is 0 Å². The van der Waals surface area contributed by atoms with Gasteiger partial charge in [0, 0.05) is 25.3 Å². The van der Waals surface area contributed by atoms with E-state index >= 15 is 0 Å². The highest BCUT2D eigenvalue weighted by atomic mass is 15.1. The molecule has 0 aliphatic heterocycles. The van der Waals surface area contributed by atoms with Crippen LogP contribution >= 0.6 is 0 Å². The second-order valence-electron chi connectivity index (χ2n) is 4.92. The van der Waals surface area contributed by atoms with E-state index in [0.717, 1.165) is 19.4 Å². The van der Waals surface area contributed by atoms with Gasteiger partial charge in [0.15, 0.2) is 0 Å². The van der Waals surface area contributed by atoms with Crippen LogP contribution in [-0.2, 0) is 0 Å². The smallest absolute Gasteiger partial charge is 0.0363 e. The maximum atomic E-state index is 6.20. The quantitative estimate of drug-likeness (QED) is 0.853. The summed E-state index contributed by atoms with van der Waals surface area (Å²) in [5.74, 6) is 0. The van der Waals surface area contributed by atoms with Crippen LogP contribution in [0.25, 0.3) is 0 Å². The molecule has 19 heavy (non-hydrogen) atoms. The van der Waals surface area contributed by atoms with Crippen molar-refractivity contribution in [3.63, 3.8) is 0 Å². The van der Waals surface area contributed by atoms with E-state index in [4.69, 9.17) is 5.73 Å². The van der Waals surface area contributed by atoms with Crippen LogP contribution in [0.15, 0.2) is 60.7 Å². The number of nitrogens with two attached hydrogens (primary N) is 1.